The molecule has 0 radical (unpaired) electrons. The third kappa shape index (κ3) is 10.8. The quantitative estimate of drug-likeness (QED) is 0.410. The van der Waals surface area contributed by atoms with E-state index in [2.05, 4.69) is 5.32 Å². The monoisotopic (exact) mass is 281 g/mol. The van der Waals surface area contributed by atoms with E-state index in [0.29, 0.717) is 0 Å². The number of carbonyl (C=O) groups excluding carboxylic acids is 2. The average molecular weight is 281 g/mol. The number of carboxylic acid groups (broad SMARTS) is 1. The number of carboxylic acids is 1. The molecule has 0 aliphatic heterocycles. The lowest BCUT2D eigenvalue weighted by atomic mass is 10.3. The summed E-state index contributed by atoms with van der Waals surface area (Å²) in [7, 11) is -3.57. The Hall–Kier alpha value is -1.68. The summed E-state index contributed by atoms with van der Waals surface area (Å²) in [6.07, 6.45) is -0.556. The van der Waals surface area contributed by atoms with Crippen LogP contribution in [0.4, 0.5) is 4.79 Å². The van der Waals surface area contributed by atoms with Crippen molar-refractivity contribution in [1.82, 2.24) is 10.6 Å². The average Bonchev–Trinajstić information content (AvgIpc) is 2.20. The number of imide groups is 1. The van der Waals surface area contributed by atoms with Crippen molar-refractivity contribution in [2.24, 2.45) is 5.14 Å². The first-order valence-corrected chi connectivity index (χ1v) is 6.72. The van der Waals surface area contributed by atoms with Gasteiger partial charge in [0.2, 0.25) is 15.9 Å². The van der Waals surface area contributed by atoms with Gasteiger partial charge < -0.3 is 10.4 Å². The molecule has 0 saturated carbocycles. The van der Waals surface area contributed by atoms with Gasteiger partial charge in [-0.25, -0.2) is 18.4 Å². The third-order valence-corrected chi connectivity index (χ3v) is 2.57. The van der Waals surface area contributed by atoms with Gasteiger partial charge in [-0.3, -0.25) is 14.9 Å². The highest BCUT2D eigenvalue weighted by Crippen LogP contribution is 1.88. The maximum absolute atomic E-state index is 11.1. The number of primary sulfonamides is 1. The normalized spacial score (nSPS) is 10.7. The fourth-order valence-corrected chi connectivity index (χ4v) is 1.48. The van der Waals surface area contributed by atoms with E-state index in [1.807, 2.05) is 5.32 Å². The number of urea groups is 1. The summed E-state index contributed by atoms with van der Waals surface area (Å²) < 4.78 is 21.1. The maximum atomic E-state index is 11.1. The van der Waals surface area contributed by atoms with Crippen molar-refractivity contribution in [3.05, 3.63) is 0 Å². The smallest absolute Gasteiger partial charge is 0.321 e. The van der Waals surface area contributed by atoms with Gasteiger partial charge in [-0.05, 0) is 6.42 Å². The molecule has 10 heteroatoms. The molecule has 9 nitrogen and oxygen atoms in total. The van der Waals surface area contributed by atoms with Crippen LogP contribution in [0.5, 0.6) is 0 Å². The molecule has 5 N–H and O–H groups in total. The van der Waals surface area contributed by atoms with Crippen molar-refractivity contribution in [2.75, 3.05) is 12.3 Å². The first-order chi connectivity index (χ1) is 8.20. The molecule has 0 rings (SSSR count). The number of nitrogens with one attached hydrogen (secondary N) is 2. The van der Waals surface area contributed by atoms with E-state index in [4.69, 9.17) is 10.2 Å². The van der Waals surface area contributed by atoms with Crippen molar-refractivity contribution in [1.29, 1.82) is 0 Å². The minimum atomic E-state index is -3.57. The molecule has 104 valence electrons. The zero-order valence-corrected chi connectivity index (χ0v) is 10.3. The number of aliphatic carboxylic acids is 1. The summed E-state index contributed by atoms with van der Waals surface area (Å²) in [6.45, 7) is 0.0362. The number of sulfonamides is 1. The van der Waals surface area contributed by atoms with Crippen molar-refractivity contribution in [3.8, 4) is 0 Å². The van der Waals surface area contributed by atoms with E-state index in [-0.39, 0.29) is 31.6 Å². The van der Waals surface area contributed by atoms with Gasteiger partial charge in [-0.15, -0.1) is 0 Å². The molecule has 0 aromatic rings. The van der Waals surface area contributed by atoms with E-state index >= 15 is 0 Å². The van der Waals surface area contributed by atoms with E-state index < -0.39 is 27.9 Å². The Labute approximate surface area is 104 Å². The van der Waals surface area contributed by atoms with Crippen LogP contribution in [0, 0.1) is 0 Å². The highest BCUT2D eigenvalue weighted by Gasteiger charge is 2.09. The third-order valence-electron chi connectivity index (χ3n) is 1.71. The molecule has 18 heavy (non-hydrogen) atoms. The fourth-order valence-electron chi connectivity index (χ4n) is 0.929. The molecule has 0 aromatic heterocycles. The Balaban J connectivity index is 3.71. The number of hydrogen-bond donors (Lipinski definition) is 4. The van der Waals surface area contributed by atoms with Gasteiger partial charge in [-0.2, -0.15) is 0 Å². The van der Waals surface area contributed by atoms with Gasteiger partial charge in [0, 0.05) is 13.0 Å². The predicted octanol–water partition coefficient (Wildman–Crippen LogP) is -1.64. The molecule has 0 spiro atoms. The Morgan fingerprint density at radius 2 is 1.78 bits per heavy atom. The zero-order chi connectivity index (χ0) is 14.2. The SMILES string of the molecule is NS(=O)(=O)CCCNC(=O)NC(=O)CCC(=O)O. The minimum absolute atomic E-state index is 0.0362. The number of amides is 3. The molecule has 0 aliphatic carbocycles. The zero-order valence-electron chi connectivity index (χ0n) is 9.51. The minimum Gasteiger partial charge on any atom is -0.481 e. The van der Waals surface area contributed by atoms with Crippen LogP contribution in [0.2, 0.25) is 0 Å². The molecule has 3 amide bonds. The molecule has 0 bridgehead atoms. The van der Waals surface area contributed by atoms with Crippen LogP contribution < -0.4 is 15.8 Å². The van der Waals surface area contributed by atoms with E-state index in [0.717, 1.165) is 0 Å². The molecule has 0 aromatic carbocycles. The van der Waals surface area contributed by atoms with E-state index in [9.17, 15) is 22.8 Å². The van der Waals surface area contributed by atoms with Crippen molar-refractivity contribution < 1.29 is 27.9 Å². The molecule has 0 atom stereocenters. The van der Waals surface area contributed by atoms with Crippen LogP contribution in [0.15, 0.2) is 0 Å². The topological polar surface area (TPSA) is 156 Å². The van der Waals surface area contributed by atoms with Gasteiger partial charge in [0.1, 0.15) is 0 Å². The summed E-state index contributed by atoms with van der Waals surface area (Å²) >= 11 is 0. The lowest BCUT2D eigenvalue weighted by Crippen LogP contribution is -2.40. The number of rotatable bonds is 7. The summed E-state index contributed by atoms with van der Waals surface area (Å²) in [4.78, 5) is 32.2. The van der Waals surface area contributed by atoms with E-state index in [1.165, 1.54) is 0 Å². The second-order valence-corrected chi connectivity index (χ2v) is 5.15. The van der Waals surface area contributed by atoms with Gasteiger partial charge in [-0.1, -0.05) is 0 Å². The first kappa shape index (κ1) is 16.3. The summed E-state index contributed by atoms with van der Waals surface area (Å²) in [5.74, 6) is -2.14. The Morgan fingerprint density at radius 1 is 1.17 bits per heavy atom. The van der Waals surface area contributed by atoms with Crippen molar-refractivity contribution in [3.63, 3.8) is 0 Å². The fraction of sp³-hybridized carbons (Fsp3) is 0.625. The molecule has 0 heterocycles. The summed E-state index contributed by atoms with van der Waals surface area (Å²) in [5, 5.41) is 17.2. The number of hydrogen-bond acceptors (Lipinski definition) is 5. The van der Waals surface area contributed by atoms with Crippen LogP contribution in [-0.2, 0) is 19.6 Å². The Bertz CT molecular complexity index is 419. The van der Waals surface area contributed by atoms with E-state index in [1.54, 1.807) is 0 Å². The highest BCUT2D eigenvalue weighted by atomic mass is 32.2. The molecule has 0 unspecified atom stereocenters. The van der Waals surface area contributed by atoms with Crippen LogP contribution in [0.1, 0.15) is 19.3 Å². The number of carbonyl (C=O) groups is 3. The van der Waals surface area contributed by atoms with Gasteiger partial charge in [0.25, 0.3) is 0 Å². The largest absolute Gasteiger partial charge is 0.481 e. The standard InChI is InChI=1S/C8H15N3O6S/c9-18(16,17)5-1-4-10-8(15)11-6(12)2-3-7(13)14/h1-5H2,(H,13,14)(H2,9,16,17)(H2,10,11,12,15). The molecular weight excluding hydrogens is 266 g/mol. The lowest BCUT2D eigenvalue weighted by Gasteiger charge is -2.05. The summed E-state index contributed by atoms with van der Waals surface area (Å²) in [5.41, 5.74) is 0. The van der Waals surface area contributed by atoms with Crippen LogP contribution in [-0.4, -0.2) is 43.7 Å². The molecule has 0 fully saturated rings. The molecule has 0 saturated heterocycles. The molecule has 0 aliphatic rings. The van der Waals surface area contributed by atoms with Gasteiger partial charge in [0.05, 0.1) is 12.2 Å². The first-order valence-electron chi connectivity index (χ1n) is 5.00. The number of nitrogens with two attached hydrogens (primary N) is 1. The predicted molar refractivity (Wildman–Crippen MR) is 61.0 cm³/mol. The Morgan fingerprint density at radius 3 is 2.28 bits per heavy atom. The van der Waals surface area contributed by atoms with Crippen LogP contribution >= 0.6 is 0 Å². The summed E-state index contributed by atoms with van der Waals surface area (Å²) in [6, 6.07) is -0.806. The highest BCUT2D eigenvalue weighted by molar-refractivity contribution is 7.89. The molecular formula is C8H15N3O6S. The maximum Gasteiger partial charge on any atom is 0.321 e. The van der Waals surface area contributed by atoms with Gasteiger partial charge >= 0.3 is 12.0 Å². The van der Waals surface area contributed by atoms with Gasteiger partial charge in [0.15, 0.2) is 0 Å². The second-order valence-electron chi connectivity index (χ2n) is 3.42. The second kappa shape index (κ2) is 7.61. The van der Waals surface area contributed by atoms with Crippen molar-refractivity contribution in [2.45, 2.75) is 19.3 Å². The van der Waals surface area contributed by atoms with Crippen LogP contribution in [0.3, 0.4) is 0 Å². The lowest BCUT2D eigenvalue weighted by molar-refractivity contribution is -0.138. The van der Waals surface area contributed by atoms with Crippen molar-refractivity contribution >= 4 is 27.9 Å². The Kier molecular flexibility index (Phi) is 6.90. The van der Waals surface area contributed by atoms with Crippen LogP contribution in [0.25, 0.3) is 0 Å².